The van der Waals surface area contributed by atoms with Crippen molar-refractivity contribution in [3.63, 3.8) is 0 Å². The van der Waals surface area contributed by atoms with Crippen molar-refractivity contribution in [2.24, 2.45) is 5.92 Å². The lowest BCUT2D eigenvalue weighted by Gasteiger charge is -2.36. The molecule has 1 unspecified atom stereocenters. The van der Waals surface area contributed by atoms with Crippen LogP contribution in [0.3, 0.4) is 0 Å². The first-order chi connectivity index (χ1) is 9.44. The van der Waals surface area contributed by atoms with Gasteiger partial charge >= 0.3 is 5.97 Å². The fourth-order valence-corrected chi connectivity index (χ4v) is 2.63. The Bertz CT molecular complexity index is 337. The summed E-state index contributed by atoms with van der Waals surface area (Å²) in [6.45, 7) is 10.6. The van der Waals surface area contributed by atoms with Gasteiger partial charge in [0.15, 0.2) is 0 Å². The van der Waals surface area contributed by atoms with Gasteiger partial charge in [-0.05, 0) is 59.3 Å². The minimum absolute atomic E-state index is 0.103. The van der Waals surface area contributed by atoms with Crippen molar-refractivity contribution in [3.05, 3.63) is 0 Å². The quantitative estimate of drug-likeness (QED) is 0.658. The third-order valence-corrected chi connectivity index (χ3v) is 4.27. The minimum atomic E-state index is -0.573. The Morgan fingerprint density at radius 1 is 1.35 bits per heavy atom. The summed E-state index contributed by atoms with van der Waals surface area (Å²) in [7, 11) is 0. The van der Waals surface area contributed by atoms with E-state index in [0.717, 1.165) is 19.0 Å². The van der Waals surface area contributed by atoms with Gasteiger partial charge in [0, 0.05) is 25.2 Å². The van der Waals surface area contributed by atoms with Crippen LogP contribution in [0.2, 0.25) is 0 Å². The SMILES string of the molecule is CCOC(=O)C(C)(CN(CC1CC1)C(C)C)NC1CC1. The van der Waals surface area contributed by atoms with Crippen molar-refractivity contribution in [2.45, 2.75) is 71.0 Å². The van der Waals surface area contributed by atoms with E-state index < -0.39 is 5.54 Å². The second-order valence-electron chi connectivity index (χ2n) is 6.94. The summed E-state index contributed by atoms with van der Waals surface area (Å²) in [5, 5.41) is 3.51. The maximum absolute atomic E-state index is 12.4. The summed E-state index contributed by atoms with van der Waals surface area (Å²) in [5.74, 6) is 0.734. The van der Waals surface area contributed by atoms with Crippen molar-refractivity contribution >= 4 is 5.97 Å². The van der Waals surface area contributed by atoms with Gasteiger partial charge in [-0.25, -0.2) is 0 Å². The van der Waals surface area contributed by atoms with Gasteiger partial charge < -0.3 is 4.74 Å². The van der Waals surface area contributed by atoms with Crippen LogP contribution in [-0.4, -0.2) is 48.2 Å². The Hall–Kier alpha value is -0.610. The molecule has 0 radical (unpaired) electrons. The molecule has 0 amide bonds. The highest BCUT2D eigenvalue weighted by Gasteiger charge is 2.42. The molecule has 2 saturated carbocycles. The molecular formula is C16H30N2O2. The Morgan fingerprint density at radius 3 is 2.45 bits per heavy atom. The Labute approximate surface area is 123 Å². The predicted molar refractivity (Wildman–Crippen MR) is 80.6 cm³/mol. The molecule has 0 aliphatic heterocycles. The molecule has 0 aromatic carbocycles. The molecule has 1 N–H and O–H groups in total. The zero-order valence-electron chi connectivity index (χ0n) is 13.4. The van der Waals surface area contributed by atoms with E-state index >= 15 is 0 Å². The van der Waals surface area contributed by atoms with Gasteiger partial charge in [-0.3, -0.25) is 15.0 Å². The van der Waals surface area contributed by atoms with Crippen molar-refractivity contribution in [2.75, 3.05) is 19.7 Å². The van der Waals surface area contributed by atoms with E-state index in [1.165, 1.54) is 25.7 Å². The Kier molecular flexibility index (Phi) is 5.08. The molecule has 4 nitrogen and oxygen atoms in total. The van der Waals surface area contributed by atoms with Gasteiger partial charge in [0.2, 0.25) is 0 Å². The highest BCUT2D eigenvalue weighted by molar-refractivity contribution is 5.80. The molecule has 2 aliphatic rings. The van der Waals surface area contributed by atoms with Crippen LogP contribution in [0.15, 0.2) is 0 Å². The average Bonchev–Trinajstić information content (AvgIpc) is 3.24. The van der Waals surface area contributed by atoms with E-state index in [-0.39, 0.29) is 5.97 Å². The van der Waals surface area contributed by atoms with Crippen LogP contribution in [0, 0.1) is 5.92 Å². The first-order valence-electron chi connectivity index (χ1n) is 8.13. The molecule has 0 aromatic rings. The van der Waals surface area contributed by atoms with Crippen molar-refractivity contribution in [1.82, 2.24) is 10.2 Å². The average molecular weight is 282 g/mol. The van der Waals surface area contributed by atoms with Crippen LogP contribution in [0.25, 0.3) is 0 Å². The number of carbonyl (C=O) groups is 1. The minimum Gasteiger partial charge on any atom is -0.465 e. The molecule has 4 heteroatoms. The molecular weight excluding hydrogens is 252 g/mol. The number of carbonyl (C=O) groups excluding carboxylic acids is 1. The van der Waals surface area contributed by atoms with E-state index in [4.69, 9.17) is 4.74 Å². The van der Waals surface area contributed by atoms with Gasteiger partial charge in [0.25, 0.3) is 0 Å². The molecule has 0 spiro atoms. The highest BCUT2D eigenvalue weighted by atomic mass is 16.5. The highest BCUT2D eigenvalue weighted by Crippen LogP contribution is 2.31. The number of hydrogen-bond donors (Lipinski definition) is 1. The normalized spacial score (nSPS) is 22.1. The van der Waals surface area contributed by atoms with Crippen molar-refractivity contribution < 1.29 is 9.53 Å². The first kappa shape index (κ1) is 15.8. The summed E-state index contributed by atoms with van der Waals surface area (Å²) >= 11 is 0. The van der Waals surface area contributed by atoms with Gasteiger partial charge in [0.1, 0.15) is 5.54 Å². The maximum Gasteiger partial charge on any atom is 0.327 e. The molecule has 20 heavy (non-hydrogen) atoms. The molecule has 1 atom stereocenters. The number of hydrogen-bond acceptors (Lipinski definition) is 4. The monoisotopic (exact) mass is 282 g/mol. The van der Waals surface area contributed by atoms with E-state index in [1.54, 1.807) is 0 Å². The number of nitrogens with one attached hydrogen (secondary N) is 1. The van der Waals surface area contributed by atoms with Gasteiger partial charge in [0.05, 0.1) is 6.61 Å². The van der Waals surface area contributed by atoms with Crippen LogP contribution < -0.4 is 5.32 Å². The van der Waals surface area contributed by atoms with Crippen molar-refractivity contribution in [3.8, 4) is 0 Å². The van der Waals surface area contributed by atoms with Gasteiger partial charge in [-0.1, -0.05) is 0 Å². The summed E-state index contributed by atoms with van der Waals surface area (Å²) in [5.41, 5.74) is -0.573. The fourth-order valence-electron chi connectivity index (χ4n) is 2.63. The summed E-state index contributed by atoms with van der Waals surface area (Å²) < 4.78 is 5.31. The van der Waals surface area contributed by atoms with E-state index in [1.807, 2.05) is 13.8 Å². The van der Waals surface area contributed by atoms with E-state index in [9.17, 15) is 4.79 Å². The van der Waals surface area contributed by atoms with Crippen LogP contribution in [0.1, 0.15) is 53.4 Å². The molecule has 0 aromatic heterocycles. The predicted octanol–water partition coefficient (Wildman–Crippen LogP) is 2.18. The summed E-state index contributed by atoms with van der Waals surface area (Å²) in [6, 6.07) is 0.963. The third kappa shape index (κ3) is 4.45. The standard InChI is InChI=1S/C16H30N2O2/c1-5-20-15(19)16(4,17-14-8-9-14)11-18(12(2)3)10-13-6-7-13/h12-14,17H,5-11H2,1-4H3. The lowest BCUT2D eigenvalue weighted by Crippen LogP contribution is -2.59. The maximum atomic E-state index is 12.4. The largest absolute Gasteiger partial charge is 0.465 e. The topological polar surface area (TPSA) is 41.6 Å². The van der Waals surface area contributed by atoms with Gasteiger partial charge in [-0.2, -0.15) is 0 Å². The summed E-state index contributed by atoms with van der Waals surface area (Å²) in [4.78, 5) is 14.8. The first-order valence-corrected chi connectivity index (χ1v) is 8.13. The second kappa shape index (κ2) is 6.44. The Balaban J connectivity index is 2.00. The molecule has 0 bridgehead atoms. The molecule has 0 heterocycles. The van der Waals surface area contributed by atoms with Crippen LogP contribution in [-0.2, 0) is 9.53 Å². The van der Waals surface area contributed by atoms with E-state index in [2.05, 4.69) is 24.1 Å². The lowest BCUT2D eigenvalue weighted by molar-refractivity contribution is -0.151. The zero-order valence-corrected chi connectivity index (χ0v) is 13.4. The molecule has 116 valence electrons. The fraction of sp³-hybridized carbons (Fsp3) is 0.938. The van der Waals surface area contributed by atoms with Gasteiger partial charge in [-0.15, -0.1) is 0 Å². The van der Waals surface area contributed by atoms with E-state index in [0.29, 0.717) is 18.7 Å². The molecule has 2 fully saturated rings. The lowest BCUT2D eigenvalue weighted by atomic mass is 10.00. The second-order valence-corrected chi connectivity index (χ2v) is 6.94. The van der Waals surface area contributed by atoms with Crippen LogP contribution in [0.5, 0.6) is 0 Å². The van der Waals surface area contributed by atoms with Crippen LogP contribution >= 0.6 is 0 Å². The number of esters is 1. The number of nitrogens with zero attached hydrogens (tertiary/aromatic N) is 1. The summed E-state index contributed by atoms with van der Waals surface area (Å²) in [6.07, 6.45) is 5.05. The number of ether oxygens (including phenoxy) is 1. The van der Waals surface area contributed by atoms with Crippen molar-refractivity contribution in [1.29, 1.82) is 0 Å². The molecule has 0 saturated heterocycles. The third-order valence-electron chi connectivity index (χ3n) is 4.27. The van der Waals surface area contributed by atoms with Crippen LogP contribution in [0.4, 0.5) is 0 Å². The number of rotatable bonds is 9. The zero-order chi connectivity index (χ0) is 14.8. The molecule has 2 aliphatic carbocycles. The smallest absolute Gasteiger partial charge is 0.327 e. The Morgan fingerprint density at radius 2 is 2.00 bits per heavy atom. The molecule has 2 rings (SSSR count).